The highest BCUT2D eigenvalue weighted by atomic mass is 79.9. The molecule has 96 valence electrons. The van der Waals surface area contributed by atoms with E-state index >= 15 is 0 Å². The molecule has 0 aliphatic carbocycles. The largest absolute Gasteiger partial charge is 0.270 e. The Labute approximate surface area is 120 Å². The molecule has 0 aliphatic heterocycles. The molecule has 2 aromatic rings. The van der Waals surface area contributed by atoms with Gasteiger partial charge in [0.25, 0.3) is 0 Å². The average Bonchev–Trinajstić information content (AvgIpc) is 2.59. The van der Waals surface area contributed by atoms with Gasteiger partial charge in [-0.2, -0.15) is 5.10 Å². The second kappa shape index (κ2) is 4.97. The lowest BCUT2D eigenvalue weighted by molar-refractivity contribution is 0.741. The first-order chi connectivity index (χ1) is 8.41. The van der Waals surface area contributed by atoms with E-state index in [4.69, 9.17) is 12.2 Å². The van der Waals surface area contributed by atoms with Crippen molar-refractivity contribution in [1.29, 1.82) is 0 Å². The van der Waals surface area contributed by atoms with E-state index in [0.717, 1.165) is 16.0 Å². The second-order valence-electron chi connectivity index (χ2n) is 4.79. The van der Waals surface area contributed by atoms with E-state index in [-0.39, 0.29) is 0 Å². The van der Waals surface area contributed by atoms with Gasteiger partial charge in [0.15, 0.2) is 4.77 Å². The van der Waals surface area contributed by atoms with Crippen LogP contribution in [0.15, 0.2) is 16.6 Å². The van der Waals surface area contributed by atoms with Gasteiger partial charge in [0.05, 0.1) is 5.69 Å². The Bertz CT molecular complexity index is 617. The van der Waals surface area contributed by atoms with Crippen molar-refractivity contribution in [3.63, 3.8) is 0 Å². The van der Waals surface area contributed by atoms with E-state index in [2.05, 4.69) is 66.0 Å². The molecule has 0 atom stereocenters. The van der Waals surface area contributed by atoms with E-state index in [0.29, 0.717) is 10.7 Å². The number of halogens is 1. The average molecular weight is 326 g/mol. The molecule has 0 bridgehead atoms. The van der Waals surface area contributed by atoms with Crippen molar-refractivity contribution in [2.24, 2.45) is 0 Å². The van der Waals surface area contributed by atoms with E-state index in [1.54, 1.807) is 0 Å². The number of aromatic nitrogens is 3. The predicted octanol–water partition coefficient (Wildman–Crippen LogP) is 4.43. The first-order valence-corrected chi connectivity index (χ1v) is 7.06. The molecule has 1 aromatic heterocycles. The van der Waals surface area contributed by atoms with E-state index in [9.17, 15) is 0 Å². The Morgan fingerprint density at radius 2 is 2.00 bits per heavy atom. The van der Waals surface area contributed by atoms with Gasteiger partial charge in [-0.25, -0.2) is 0 Å². The second-order valence-corrected chi connectivity index (χ2v) is 6.03. The quantitative estimate of drug-likeness (QED) is 0.828. The number of benzene rings is 1. The fourth-order valence-corrected chi connectivity index (χ4v) is 3.19. The normalized spacial score (nSPS) is 11.2. The van der Waals surface area contributed by atoms with Crippen LogP contribution >= 0.6 is 28.1 Å². The van der Waals surface area contributed by atoms with Crippen LogP contribution < -0.4 is 0 Å². The Morgan fingerprint density at radius 3 is 2.56 bits per heavy atom. The maximum atomic E-state index is 5.35. The highest BCUT2D eigenvalue weighted by Crippen LogP contribution is 2.29. The molecule has 1 heterocycles. The van der Waals surface area contributed by atoms with E-state index in [1.165, 1.54) is 11.1 Å². The predicted molar refractivity (Wildman–Crippen MR) is 80.0 cm³/mol. The number of rotatable bonds is 2. The van der Waals surface area contributed by atoms with Gasteiger partial charge in [0, 0.05) is 10.4 Å². The molecule has 0 saturated heterocycles. The van der Waals surface area contributed by atoms with Crippen molar-refractivity contribution in [3.05, 3.63) is 38.3 Å². The number of aryl methyl sites for hydroxylation is 2. The maximum Gasteiger partial charge on any atom is 0.199 e. The summed E-state index contributed by atoms with van der Waals surface area (Å²) >= 11 is 8.98. The lowest BCUT2D eigenvalue weighted by atomic mass is 10.1. The van der Waals surface area contributed by atoms with Crippen LogP contribution in [-0.4, -0.2) is 14.8 Å². The Morgan fingerprint density at radius 1 is 1.33 bits per heavy atom. The summed E-state index contributed by atoms with van der Waals surface area (Å²) in [5, 5.41) is 7.20. The maximum absolute atomic E-state index is 5.35. The van der Waals surface area contributed by atoms with Gasteiger partial charge in [-0.05, 0) is 59.2 Å². The number of H-pyrrole nitrogens is 1. The highest BCUT2D eigenvalue weighted by Gasteiger charge is 2.16. The summed E-state index contributed by atoms with van der Waals surface area (Å²) in [6.45, 7) is 8.39. The molecule has 0 aliphatic rings. The Hall–Kier alpha value is -0.940. The summed E-state index contributed by atoms with van der Waals surface area (Å²) in [5.41, 5.74) is 3.48. The lowest BCUT2D eigenvalue weighted by Crippen LogP contribution is -2.06. The third-order valence-corrected chi connectivity index (χ3v) is 3.71. The van der Waals surface area contributed by atoms with Crippen molar-refractivity contribution < 1.29 is 0 Å². The first kappa shape index (κ1) is 13.5. The summed E-state index contributed by atoms with van der Waals surface area (Å²) < 4.78 is 3.68. The van der Waals surface area contributed by atoms with Crippen LogP contribution in [0.4, 0.5) is 0 Å². The minimum Gasteiger partial charge on any atom is -0.270 e. The van der Waals surface area contributed by atoms with E-state index in [1.807, 2.05) is 4.57 Å². The number of hydrogen-bond donors (Lipinski definition) is 1. The van der Waals surface area contributed by atoms with Crippen LogP contribution in [0.1, 0.15) is 36.7 Å². The van der Waals surface area contributed by atoms with Gasteiger partial charge in [0.1, 0.15) is 5.82 Å². The molecule has 0 spiro atoms. The third kappa shape index (κ3) is 2.29. The zero-order valence-electron chi connectivity index (χ0n) is 10.9. The Balaban J connectivity index is 2.77. The molecule has 3 nitrogen and oxygen atoms in total. The SMILES string of the molecule is Cc1cc(C)c(-n2c(C(C)C)n[nH]c2=S)c(Br)c1. The lowest BCUT2D eigenvalue weighted by Gasteiger charge is -2.14. The molecule has 0 amide bonds. The molecule has 2 rings (SSSR count). The van der Waals surface area contributed by atoms with Gasteiger partial charge in [-0.1, -0.05) is 19.9 Å². The number of nitrogens with zero attached hydrogens (tertiary/aromatic N) is 2. The van der Waals surface area contributed by atoms with Crippen molar-refractivity contribution in [3.8, 4) is 5.69 Å². The summed E-state index contributed by atoms with van der Waals surface area (Å²) in [5.74, 6) is 1.26. The molecular formula is C13H16BrN3S. The topological polar surface area (TPSA) is 33.6 Å². The van der Waals surface area contributed by atoms with Crippen LogP contribution in [0.2, 0.25) is 0 Å². The molecule has 1 aromatic carbocycles. The summed E-state index contributed by atoms with van der Waals surface area (Å²) in [6.07, 6.45) is 0. The van der Waals surface area contributed by atoms with Crippen molar-refractivity contribution >= 4 is 28.1 Å². The van der Waals surface area contributed by atoms with Crippen LogP contribution in [0.25, 0.3) is 5.69 Å². The fourth-order valence-electron chi connectivity index (χ4n) is 2.10. The van der Waals surface area contributed by atoms with Crippen LogP contribution in [0.3, 0.4) is 0 Å². The minimum atomic E-state index is 0.311. The molecule has 0 saturated carbocycles. The molecule has 18 heavy (non-hydrogen) atoms. The molecule has 0 radical (unpaired) electrons. The van der Waals surface area contributed by atoms with Crippen LogP contribution in [-0.2, 0) is 0 Å². The van der Waals surface area contributed by atoms with Gasteiger partial charge < -0.3 is 0 Å². The zero-order chi connectivity index (χ0) is 13.4. The van der Waals surface area contributed by atoms with Gasteiger partial charge >= 0.3 is 0 Å². The van der Waals surface area contributed by atoms with Crippen molar-refractivity contribution in [1.82, 2.24) is 14.8 Å². The summed E-state index contributed by atoms with van der Waals surface area (Å²) in [7, 11) is 0. The monoisotopic (exact) mass is 325 g/mol. The smallest absolute Gasteiger partial charge is 0.199 e. The third-order valence-electron chi connectivity index (χ3n) is 2.84. The van der Waals surface area contributed by atoms with Crippen LogP contribution in [0.5, 0.6) is 0 Å². The van der Waals surface area contributed by atoms with E-state index < -0.39 is 0 Å². The van der Waals surface area contributed by atoms with Gasteiger partial charge in [-0.3, -0.25) is 9.67 Å². The van der Waals surface area contributed by atoms with Gasteiger partial charge in [0.2, 0.25) is 0 Å². The summed E-state index contributed by atoms with van der Waals surface area (Å²) in [4.78, 5) is 0. The standard InChI is InChI=1S/C13H16BrN3S/c1-7(2)12-15-16-13(18)17(12)11-9(4)5-8(3)6-10(11)14/h5-7H,1-4H3,(H,16,18). The van der Waals surface area contributed by atoms with Gasteiger partial charge in [-0.15, -0.1) is 0 Å². The van der Waals surface area contributed by atoms with Crippen molar-refractivity contribution in [2.45, 2.75) is 33.6 Å². The molecular weight excluding hydrogens is 310 g/mol. The molecule has 0 unspecified atom stereocenters. The minimum absolute atomic E-state index is 0.311. The molecule has 1 N–H and O–H groups in total. The zero-order valence-corrected chi connectivity index (χ0v) is 13.3. The number of aromatic amines is 1. The first-order valence-electron chi connectivity index (χ1n) is 5.86. The highest BCUT2D eigenvalue weighted by molar-refractivity contribution is 9.10. The fraction of sp³-hybridized carbons (Fsp3) is 0.385. The molecule has 5 heteroatoms. The molecule has 0 fully saturated rings. The Kier molecular flexibility index (Phi) is 3.73. The van der Waals surface area contributed by atoms with Crippen molar-refractivity contribution in [2.75, 3.05) is 0 Å². The summed E-state index contributed by atoms with van der Waals surface area (Å²) in [6, 6.07) is 4.25. The number of nitrogens with one attached hydrogen (secondary N) is 1. The van der Waals surface area contributed by atoms with Crippen LogP contribution in [0, 0.1) is 18.6 Å². The number of hydrogen-bond acceptors (Lipinski definition) is 2.